The second kappa shape index (κ2) is 9.25. The second-order valence-electron chi connectivity index (χ2n) is 6.96. The van der Waals surface area contributed by atoms with Gasteiger partial charge in [-0.25, -0.2) is 4.98 Å². The SMILES string of the molecule is COC(=N)c1c(C(=O)Nc2c(C)ccnc2C)cc(C)nc1Nc1ccc(OC)cc1. The molecule has 0 unspecified atom stereocenters. The fourth-order valence-electron chi connectivity index (χ4n) is 3.15. The third kappa shape index (κ3) is 4.80. The fraction of sp³-hybridized carbons (Fsp3) is 0.217. The molecule has 0 spiro atoms. The highest BCUT2D eigenvalue weighted by molar-refractivity contribution is 6.14. The highest BCUT2D eigenvalue weighted by Gasteiger charge is 2.23. The van der Waals surface area contributed by atoms with Crippen LogP contribution < -0.4 is 15.4 Å². The van der Waals surface area contributed by atoms with E-state index in [-0.39, 0.29) is 22.9 Å². The molecule has 0 radical (unpaired) electrons. The van der Waals surface area contributed by atoms with Crippen molar-refractivity contribution in [3.63, 3.8) is 0 Å². The molecule has 0 aliphatic carbocycles. The Labute approximate surface area is 181 Å². The summed E-state index contributed by atoms with van der Waals surface area (Å²) in [5.41, 5.74) is 4.13. The van der Waals surface area contributed by atoms with Crippen LogP contribution in [0, 0.1) is 26.2 Å². The highest BCUT2D eigenvalue weighted by atomic mass is 16.5. The first-order valence-electron chi connectivity index (χ1n) is 9.63. The summed E-state index contributed by atoms with van der Waals surface area (Å²) in [6.45, 7) is 5.52. The number of nitrogens with zero attached hydrogens (tertiary/aromatic N) is 2. The first kappa shape index (κ1) is 21.8. The number of ether oxygens (including phenoxy) is 2. The molecule has 0 saturated heterocycles. The zero-order chi connectivity index (χ0) is 22.5. The van der Waals surface area contributed by atoms with Crippen LogP contribution in [0.1, 0.15) is 32.9 Å². The van der Waals surface area contributed by atoms with Crippen LogP contribution in [0.25, 0.3) is 0 Å². The summed E-state index contributed by atoms with van der Waals surface area (Å²) in [5.74, 6) is 0.518. The summed E-state index contributed by atoms with van der Waals surface area (Å²) in [4.78, 5) is 22.0. The third-order valence-corrected chi connectivity index (χ3v) is 4.76. The van der Waals surface area contributed by atoms with Crippen LogP contribution in [0.3, 0.4) is 0 Å². The van der Waals surface area contributed by atoms with Gasteiger partial charge in [-0.05, 0) is 62.7 Å². The number of aryl methyl sites for hydroxylation is 3. The maximum atomic E-state index is 13.2. The summed E-state index contributed by atoms with van der Waals surface area (Å²) in [5, 5.41) is 14.4. The summed E-state index contributed by atoms with van der Waals surface area (Å²) in [7, 11) is 2.98. The molecule has 0 fully saturated rings. The summed E-state index contributed by atoms with van der Waals surface area (Å²) >= 11 is 0. The lowest BCUT2D eigenvalue weighted by atomic mass is 10.1. The molecule has 0 aliphatic heterocycles. The van der Waals surface area contributed by atoms with Crippen LogP contribution >= 0.6 is 0 Å². The molecule has 0 bridgehead atoms. The quantitative estimate of drug-likeness (QED) is 0.404. The van der Waals surface area contributed by atoms with Gasteiger partial charge >= 0.3 is 0 Å². The zero-order valence-corrected chi connectivity index (χ0v) is 18.2. The van der Waals surface area contributed by atoms with Crippen molar-refractivity contribution in [3.05, 3.63) is 70.7 Å². The number of carbonyl (C=O) groups excluding carboxylic acids is 1. The van der Waals surface area contributed by atoms with E-state index in [4.69, 9.17) is 14.9 Å². The molecule has 2 heterocycles. The van der Waals surface area contributed by atoms with Gasteiger partial charge in [0.2, 0.25) is 5.90 Å². The first-order chi connectivity index (χ1) is 14.8. The molecule has 3 N–H and O–H groups in total. The van der Waals surface area contributed by atoms with E-state index in [1.165, 1.54) is 7.11 Å². The topological polar surface area (TPSA) is 109 Å². The first-order valence-corrected chi connectivity index (χ1v) is 9.63. The standard InChI is InChI=1S/C23H25N5O3/c1-13-10-11-25-15(3)20(13)28-23(29)18-12-14(2)26-22(19(18)21(24)31-5)27-16-6-8-17(30-4)9-7-16/h6-12,24H,1-5H3,(H,26,27)(H,28,29). The Morgan fingerprint density at radius 1 is 1.06 bits per heavy atom. The molecular weight excluding hydrogens is 394 g/mol. The Morgan fingerprint density at radius 3 is 2.39 bits per heavy atom. The average molecular weight is 419 g/mol. The van der Waals surface area contributed by atoms with Crippen LogP contribution in [0.4, 0.5) is 17.2 Å². The Morgan fingerprint density at radius 2 is 1.77 bits per heavy atom. The minimum absolute atomic E-state index is 0.173. The van der Waals surface area contributed by atoms with E-state index in [1.54, 1.807) is 38.4 Å². The van der Waals surface area contributed by atoms with E-state index in [0.717, 1.165) is 17.0 Å². The Balaban J connectivity index is 2.05. The Hall–Kier alpha value is -3.94. The normalized spacial score (nSPS) is 10.4. The summed E-state index contributed by atoms with van der Waals surface area (Å²) in [6, 6.07) is 10.7. The Bertz CT molecular complexity index is 1110. The maximum absolute atomic E-state index is 13.2. The smallest absolute Gasteiger partial charge is 0.256 e. The van der Waals surface area contributed by atoms with Crippen LogP contribution in [0.2, 0.25) is 0 Å². The molecule has 2 aromatic heterocycles. The lowest BCUT2D eigenvalue weighted by Crippen LogP contribution is -2.21. The number of aromatic nitrogens is 2. The molecule has 0 atom stereocenters. The van der Waals surface area contributed by atoms with Crippen molar-refractivity contribution in [2.24, 2.45) is 0 Å². The molecule has 0 saturated carbocycles. The van der Waals surface area contributed by atoms with E-state index in [9.17, 15) is 4.79 Å². The molecule has 3 rings (SSSR count). The minimum Gasteiger partial charge on any atom is -0.497 e. The van der Waals surface area contributed by atoms with E-state index >= 15 is 0 Å². The van der Waals surface area contributed by atoms with Crippen molar-refractivity contribution in [3.8, 4) is 5.75 Å². The summed E-state index contributed by atoms with van der Waals surface area (Å²) < 4.78 is 10.4. The number of benzene rings is 1. The lowest BCUT2D eigenvalue weighted by molar-refractivity contribution is 0.102. The van der Waals surface area contributed by atoms with Gasteiger partial charge in [0.25, 0.3) is 5.91 Å². The van der Waals surface area contributed by atoms with Crippen molar-refractivity contribution >= 4 is 29.0 Å². The van der Waals surface area contributed by atoms with Gasteiger partial charge in [0, 0.05) is 17.6 Å². The number of methoxy groups -OCH3 is 2. The number of rotatable bonds is 6. The molecule has 1 aromatic carbocycles. The predicted octanol–water partition coefficient (Wildman–Crippen LogP) is 4.38. The third-order valence-electron chi connectivity index (χ3n) is 4.76. The van der Waals surface area contributed by atoms with Gasteiger partial charge in [0.05, 0.1) is 36.7 Å². The number of hydrogen-bond donors (Lipinski definition) is 3. The molecule has 160 valence electrons. The van der Waals surface area contributed by atoms with Gasteiger partial charge in [-0.1, -0.05) is 0 Å². The van der Waals surface area contributed by atoms with Gasteiger partial charge in [0.1, 0.15) is 11.6 Å². The van der Waals surface area contributed by atoms with Crippen LogP contribution in [-0.4, -0.2) is 36.0 Å². The molecule has 8 heteroatoms. The van der Waals surface area contributed by atoms with Crippen molar-refractivity contribution in [1.82, 2.24) is 9.97 Å². The molecule has 8 nitrogen and oxygen atoms in total. The average Bonchev–Trinajstić information content (AvgIpc) is 2.76. The van der Waals surface area contributed by atoms with Gasteiger partial charge < -0.3 is 20.1 Å². The second-order valence-corrected chi connectivity index (χ2v) is 6.96. The van der Waals surface area contributed by atoms with Gasteiger partial charge in [-0.2, -0.15) is 0 Å². The highest BCUT2D eigenvalue weighted by Crippen LogP contribution is 2.27. The van der Waals surface area contributed by atoms with Crippen molar-refractivity contribution in [2.45, 2.75) is 20.8 Å². The number of nitrogens with one attached hydrogen (secondary N) is 3. The fourth-order valence-corrected chi connectivity index (χ4v) is 3.15. The number of hydrogen-bond acceptors (Lipinski definition) is 7. The molecular formula is C23H25N5O3. The summed E-state index contributed by atoms with van der Waals surface area (Å²) in [6.07, 6.45) is 1.69. The number of anilines is 3. The molecule has 0 aliphatic rings. The lowest BCUT2D eigenvalue weighted by Gasteiger charge is -2.17. The largest absolute Gasteiger partial charge is 0.497 e. The van der Waals surface area contributed by atoms with Crippen molar-refractivity contribution < 1.29 is 14.3 Å². The number of carbonyl (C=O) groups is 1. The van der Waals surface area contributed by atoms with Gasteiger partial charge in [0.15, 0.2) is 0 Å². The number of amides is 1. The predicted molar refractivity (Wildman–Crippen MR) is 121 cm³/mol. The van der Waals surface area contributed by atoms with Crippen LogP contribution in [0.5, 0.6) is 5.75 Å². The van der Waals surface area contributed by atoms with E-state index in [0.29, 0.717) is 22.9 Å². The molecule has 3 aromatic rings. The molecule has 1 amide bonds. The van der Waals surface area contributed by atoms with Crippen LogP contribution in [-0.2, 0) is 4.74 Å². The van der Waals surface area contributed by atoms with E-state index in [1.807, 2.05) is 32.0 Å². The molecule has 31 heavy (non-hydrogen) atoms. The van der Waals surface area contributed by atoms with Crippen molar-refractivity contribution in [2.75, 3.05) is 24.9 Å². The van der Waals surface area contributed by atoms with Gasteiger partial charge in [-0.15, -0.1) is 0 Å². The van der Waals surface area contributed by atoms with Gasteiger partial charge in [-0.3, -0.25) is 15.2 Å². The van der Waals surface area contributed by atoms with E-state index in [2.05, 4.69) is 20.6 Å². The maximum Gasteiger partial charge on any atom is 0.256 e. The van der Waals surface area contributed by atoms with E-state index < -0.39 is 0 Å². The number of pyridine rings is 2. The zero-order valence-electron chi connectivity index (χ0n) is 18.2. The van der Waals surface area contributed by atoms with Crippen molar-refractivity contribution in [1.29, 1.82) is 5.41 Å². The minimum atomic E-state index is -0.376. The Kier molecular flexibility index (Phi) is 6.49. The van der Waals surface area contributed by atoms with Crippen LogP contribution in [0.15, 0.2) is 42.6 Å². The monoisotopic (exact) mass is 419 g/mol.